The lowest BCUT2D eigenvalue weighted by Crippen LogP contribution is -2.34. The first-order valence-electron chi connectivity index (χ1n) is 5.40. The van der Waals surface area contributed by atoms with E-state index in [0.717, 1.165) is 17.9 Å². The summed E-state index contributed by atoms with van der Waals surface area (Å²) in [6.45, 7) is 0. The first-order chi connectivity index (χ1) is 8.58. The fourth-order valence-electron chi connectivity index (χ4n) is 1.71. The molecule has 7 heteroatoms. The number of nitro benzene ring substituents is 1. The molecule has 0 aromatic heterocycles. The molecule has 1 N–H and O–H groups in total. The molecule has 0 radical (unpaired) electrons. The van der Waals surface area contributed by atoms with Crippen LogP contribution >= 0.6 is 27.7 Å². The van der Waals surface area contributed by atoms with Crippen LogP contribution in [0, 0.1) is 10.1 Å². The van der Waals surface area contributed by atoms with Gasteiger partial charge in [0.1, 0.15) is 0 Å². The molecule has 1 fully saturated rings. The minimum absolute atomic E-state index is 0.0940. The molecule has 2 rings (SSSR count). The molecular weight excluding hydrogens is 320 g/mol. The zero-order valence-electron chi connectivity index (χ0n) is 9.39. The second-order valence-electron chi connectivity index (χ2n) is 3.96. The third-order valence-corrected chi connectivity index (χ3v) is 4.50. The van der Waals surface area contributed by atoms with Crippen molar-refractivity contribution in [2.45, 2.75) is 12.5 Å². The molecule has 96 valence electrons. The van der Waals surface area contributed by atoms with Crippen molar-refractivity contribution in [2.24, 2.45) is 0 Å². The zero-order valence-corrected chi connectivity index (χ0v) is 11.8. The summed E-state index contributed by atoms with van der Waals surface area (Å²) in [6, 6.07) is 4.57. The maximum Gasteiger partial charge on any atom is 0.284 e. The number of rotatable bonds is 3. The molecule has 5 nitrogen and oxygen atoms in total. The summed E-state index contributed by atoms with van der Waals surface area (Å²) in [5.74, 6) is 1.70. The Morgan fingerprint density at radius 2 is 2.33 bits per heavy atom. The van der Waals surface area contributed by atoms with Gasteiger partial charge in [0.05, 0.1) is 9.40 Å². The van der Waals surface area contributed by atoms with Crippen molar-refractivity contribution in [2.75, 3.05) is 11.5 Å². The van der Waals surface area contributed by atoms with Crippen molar-refractivity contribution in [3.63, 3.8) is 0 Å². The molecule has 1 amide bonds. The van der Waals surface area contributed by atoms with Crippen LogP contribution in [0.25, 0.3) is 0 Å². The lowest BCUT2D eigenvalue weighted by molar-refractivity contribution is -0.385. The van der Waals surface area contributed by atoms with Crippen molar-refractivity contribution in [3.05, 3.63) is 38.3 Å². The fraction of sp³-hybridized carbons (Fsp3) is 0.364. The lowest BCUT2D eigenvalue weighted by Gasteiger charge is -2.11. The van der Waals surface area contributed by atoms with Crippen LogP contribution in [0.4, 0.5) is 5.69 Å². The Hall–Kier alpha value is -1.08. The van der Waals surface area contributed by atoms with Gasteiger partial charge in [0, 0.05) is 23.4 Å². The number of amides is 1. The molecule has 0 spiro atoms. The lowest BCUT2D eigenvalue weighted by atomic mass is 10.1. The van der Waals surface area contributed by atoms with Crippen LogP contribution in [-0.4, -0.2) is 28.4 Å². The van der Waals surface area contributed by atoms with Gasteiger partial charge < -0.3 is 5.32 Å². The number of nitrogens with zero attached hydrogens (tertiary/aromatic N) is 1. The van der Waals surface area contributed by atoms with Crippen molar-refractivity contribution in [1.82, 2.24) is 5.32 Å². The first kappa shape index (κ1) is 13.4. The van der Waals surface area contributed by atoms with E-state index < -0.39 is 4.92 Å². The molecule has 1 saturated heterocycles. The van der Waals surface area contributed by atoms with E-state index in [9.17, 15) is 14.9 Å². The summed E-state index contributed by atoms with van der Waals surface area (Å²) in [4.78, 5) is 22.2. The van der Waals surface area contributed by atoms with E-state index in [1.807, 2.05) is 0 Å². The SMILES string of the molecule is O=C(NC1CCSC1)c1ccc(Br)c([N+](=O)[O-])c1. The predicted molar refractivity (Wildman–Crippen MR) is 74.0 cm³/mol. The van der Waals surface area contributed by atoms with E-state index in [1.54, 1.807) is 17.8 Å². The third kappa shape index (κ3) is 3.02. The predicted octanol–water partition coefficient (Wildman–Crippen LogP) is 2.59. The van der Waals surface area contributed by atoms with Gasteiger partial charge in [-0.15, -0.1) is 0 Å². The largest absolute Gasteiger partial charge is 0.348 e. The molecule has 18 heavy (non-hydrogen) atoms. The van der Waals surface area contributed by atoms with Crippen LogP contribution in [-0.2, 0) is 0 Å². The van der Waals surface area contributed by atoms with Gasteiger partial charge in [0.2, 0.25) is 0 Å². The monoisotopic (exact) mass is 330 g/mol. The Morgan fingerprint density at radius 1 is 1.56 bits per heavy atom. The van der Waals surface area contributed by atoms with Crippen molar-refractivity contribution >= 4 is 39.3 Å². The number of hydrogen-bond donors (Lipinski definition) is 1. The fourth-order valence-corrected chi connectivity index (χ4v) is 3.25. The summed E-state index contributed by atoms with van der Waals surface area (Å²) >= 11 is 4.89. The number of nitro groups is 1. The van der Waals surface area contributed by atoms with Gasteiger partial charge >= 0.3 is 0 Å². The number of thioether (sulfide) groups is 1. The summed E-state index contributed by atoms with van der Waals surface area (Å²) in [5.41, 5.74) is 0.227. The van der Waals surface area contributed by atoms with Crippen LogP contribution < -0.4 is 5.32 Å². The maximum atomic E-state index is 11.9. The smallest absolute Gasteiger partial charge is 0.284 e. The second kappa shape index (κ2) is 5.71. The summed E-state index contributed by atoms with van der Waals surface area (Å²) in [5, 5.41) is 13.7. The van der Waals surface area contributed by atoms with Gasteiger partial charge in [0.15, 0.2) is 0 Å². The highest BCUT2D eigenvalue weighted by atomic mass is 79.9. The van der Waals surface area contributed by atoms with Gasteiger partial charge in [-0.05, 0) is 40.2 Å². The maximum absolute atomic E-state index is 11.9. The Labute approximate surface area is 117 Å². The summed E-state index contributed by atoms with van der Waals surface area (Å²) in [7, 11) is 0. The van der Waals surface area contributed by atoms with Crippen molar-refractivity contribution < 1.29 is 9.72 Å². The van der Waals surface area contributed by atoms with Crippen LogP contribution in [0.15, 0.2) is 22.7 Å². The molecule has 1 aromatic carbocycles. The van der Waals surface area contributed by atoms with Crippen molar-refractivity contribution in [1.29, 1.82) is 0 Å². The Bertz CT molecular complexity index is 489. The van der Waals surface area contributed by atoms with E-state index in [1.165, 1.54) is 12.1 Å². The Balaban J connectivity index is 2.14. The molecule has 1 heterocycles. The number of benzene rings is 1. The second-order valence-corrected chi connectivity index (χ2v) is 5.96. The van der Waals surface area contributed by atoms with Gasteiger partial charge in [-0.1, -0.05) is 0 Å². The molecule has 1 aliphatic heterocycles. The van der Waals surface area contributed by atoms with E-state index in [2.05, 4.69) is 21.2 Å². The molecule has 1 aliphatic rings. The first-order valence-corrected chi connectivity index (χ1v) is 7.35. The molecule has 1 aromatic rings. The van der Waals surface area contributed by atoms with Crippen LogP contribution in [0.1, 0.15) is 16.8 Å². The number of nitrogens with one attached hydrogen (secondary N) is 1. The highest BCUT2D eigenvalue weighted by Crippen LogP contribution is 2.26. The van der Waals surface area contributed by atoms with E-state index in [4.69, 9.17) is 0 Å². The molecular formula is C11H11BrN2O3S. The zero-order chi connectivity index (χ0) is 13.1. The van der Waals surface area contributed by atoms with Gasteiger partial charge in [-0.3, -0.25) is 14.9 Å². The number of carbonyl (C=O) groups excluding carboxylic acids is 1. The highest BCUT2D eigenvalue weighted by Gasteiger charge is 2.20. The van der Waals surface area contributed by atoms with Crippen molar-refractivity contribution in [3.8, 4) is 0 Å². The summed E-state index contributed by atoms with van der Waals surface area (Å²) < 4.78 is 0.375. The van der Waals surface area contributed by atoms with E-state index in [0.29, 0.717) is 10.0 Å². The number of halogens is 1. The molecule has 1 atom stereocenters. The topological polar surface area (TPSA) is 72.2 Å². The summed E-state index contributed by atoms with van der Waals surface area (Å²) in [6.07, 6.45) is 0.953. The van der Waals surface area contributed by atoms with Gasteiger partial charge in [-0.25, -0.2) is 0 Å². The molecule has 0 aliphatic carbocycles. The normalized spacial score (nSPS) is 18.6. The third-order valence-electron chi connectivity index (χ3n) is 2.67. The molecule has 1 unspecified atom stereocenters. The highest BCUT2D eigenvalue weighted by molar-refractivity contribution is 9.10. The minimum Gasteiger partial charge on any atom is -0.348 e. The van der Waals surface area contributed by atoms with Crippen LogP contribution in [0.3, 0.4) is 0 Å². The number of hydrogen-bond acceptors (Lipinski definition) is 4. The Kier molecular flexibility index (Phi) is 4.23. The van der Waals surface area contributed by atoms with Gasteiger partial charge in [0.25, 0.3) is 11.6 Å². The minimum atomic E-state index is -0.508. The van der Waals surface area contributed by atoms with Crippen LogP contribution in [0.5, 0.6) is 0 Å². The molecule has 0 bridgehead atoms. The van der Waals surface area contributed by atoms with Crippen LogP contribution in [0.2, 0.25) is 0 Å². The molecule has 0 saturated carbocycles. The Morgan fingerprint density at radius 3 is 2.94 bits per heavy atom. The quantitative estimate of drug-likeness (QED) is 0.683. The number of carbonyl (C=O) groups is 1. The van der Waals surface area contributed by atoms with Gasteiger partial charge in [-0.2, -0.15) is 11.8 Å². The standard InChI is InChI=1S/C11H11BrN2O3S/c12-9-2-1-7(5-10(9)14(16)17)11(15)13-8-3-4-18-6-8/h1-2,5,8H,3-4,6H2,(H,13,15). The average molecular weight is 331 g/mol. The average Bonchev–Trinajstić information content (AvgIpc) is 2.81. The van der Waals surface area contributed by atoms with E-state index in [-0.39, 0.29) is 17.6 Å². The van der Waals surface area contributed by atoms with E-state index >= 15 is 0 Å².